The van der Waals surface area contributed by atoms with Crippen LogP contribution in [0.1, 0.15) is 38.0 Å². The highest BCUT2D eigenvalue weighted by Gasteiger charge is 2.25. The fourth-order valence-electron chi connectivity index (χ4n) is 5.18. The van der Waals surface area contributed by atoms with Crippen molar-refractivity contribution < 1.29 is 4.79 Å². The van der Waals surface area contributed by atoms with Crippen LogP contribution in [0, 0.1) is 13.8 Å². The van der Waals surface area contributed by atoms with Crippen LogP contribution in [0.25, 0.3) is 5.69 Å². The second-order valence-corrected chi connectivity index (χ2v) is 12.0. The molecular formula is C32H32N6OS2. The van der Waals surface area contributed by atoms with Gasteiger partial charge in [-0.05, 0) is 42.7 Å². The van der Waals surface area contributed by atoms with Crippen LogP contribution in [-0.4, -0.2) is 56.7 Å². The summed E-state index contributed by atoms with van der Waals surface area (Å²) >= 11 is 3.13. The molecule has 3 heterocycles. The lowest BCUT2D eigenvalue weighted by Crippen LogP contribution is -2.49. The van der Waals surface area contributed by atoms with Crippen molar-refractivity contribution in [2.24, 2.45) is 0 Å². The number of carbonyl (C=O) groups is 1. The minimum absolute atomic E-state index is 0.00941. The standard InChI is InChI=1S/C32H32N6OS2/c1-23-10-6-8-14-27(23)36-16-18-37(19-17-36)31(39)26-21-40-30(33-26)22-41-32-35-34-29(20-25-12-4-3-5-13-25)38(32)28-15-9-7-11-24(28)2/h3-15,21H,16-20,22H2,1-2H3. The first kappa shape index (κ1) is 27.2. The molecule has 6 rings (SSSR count). The Balaban J connectivity index is 1.13. The molecule has 0 spiro atoms. The molecule has 0 N–H and O–H groups in total. The summed E-state index contributed by atoms with van der Waals surface area (Å²) in [5.74, 6) is 1.52. The number of thiazole rings is 1. The Morgan fingerprint density at radius 3 is 2.20 bits per heavy atom. The Morgan fingerprint density at radius 2 is 1.49 bits per heavy atom. The molecule has 41 heavy (non-hydrogen) atoms. The Kier molecular flexibility index (Phi) is 8.16. The highest BCUT2D eigenvalue weighted by molar-refractivity contribution is 7.98. The van der Waals surface area contributed by atoms with Crippen molar-refractivity contribution in [2.45, 2.75) is 31.2 Å². The molecule has 1 fully saturated rings. The molecular weight excluding hydrogens is 549 g/mol. The number of nitrogens with zero attached hydrogens (tertiary/aromatic N) is 6. The van der Waals surface area contributed by atoms with Crippen LogP contribution in [0.5, 0.6) is 0 Å². The number of amides is 1. The first-order chi connectivity index (χ1) is 20.1. The van der Waals surface area contributed by atoms with Crippen molar-refractivity contribution in [3.63, 3.8) is 0 Å². The number of aromatic nitrogens is 4. The summed E-state index contributed by atoms with van der Waals surface area (Å²) in [7, 11) is 0. The minimum atomic E-state index is 0.00941. The van der Waals surface area contributed by atoms with Gasteiger partial charge in [0.15, 0.2) is 5.16 Å². The Labute approximate surface area is 248 Å². The summed E-state index contributed by atoms with van der Waals surface area (Å²) in [6.07, 6.45) is 0.690. The molecule has 1 aliphatic rings. The monoisotopic (exact) mass is 580 g/mol. The maximum absolute atomic E-state index is 13.3. The maximum Gasteiger partial charge on any atom is 0.273 e. The molecule has 3 aromatic carbocycles. The van der Waals surface area contributed by atoms with Crippen molar-refractivity contribution in [1.29, 1.82) is 0 Å². The topological polar surface area (TPSA) is 67.2 Å². The van der Waals surface area contributed by atoms with Crippen LogP contribution < -0.4 is 4.90 Å². The molecule has 7 nitrogen and oxygen atoms in total. The number of rotatable bonds is 8. The second-order valence-electron chi connectivity index (χ2n) is 10.2. The van der Waals surface area contributed by atoms with Gasteiger partial charge in [-0.1, -0.05) is 78.5 Å². The van der Waals surface area contributed by atoms with Gasteiger partial charge in [-0.15, -0.1) is 21.5 Å². The fourth-order valence-corrected chi connectivity index (χ4v) is 6.93. The Hall–Kier alpha value is -3.95. The third-order valence-electron chi connectivity index (χ3n) is 7.38. The van der Waals surface area contributed by atoms with Crippen molar-refractivity contribution in [3.8, 4) is 5.69 Å². The lowest BCUT2D eigenvalue weighted by molar-refractivity contribution is 0.0741. The van der Waals surface area contributed by atoms with Crippen molar-refractivity contribution in [3.05, 3.63) is 117 Å². The van der Waals surface area contributed by atoms with E-state index in [4.69, 9.17) is 4.98 Å². The summed E-state index contributed by atoms with van der Waals surface area (Å²) in [4.78, 5) is 22.3. The molecule has 0 radical (unpaired) electrons. The number of anilines is 1. The molecule has 0 unspecified atom stereocenters. The zero-order valence-electron chi connectivity index (χ0n) is 23.2. The molecule has 1 saturated heterocycles. The average molecular weight is 581 g/mol. The molecule has 0 aliphatic carbocycles. The second kappa shape index (κ2) is 12.3. The first-order valence-corrected chi connectivity index (χ1v) is 15.6. The fraction of sp³-hybridized carbons (Fsp3) is 0.250. The summed E-state index contributed by atoms with van der Waals surface area (Å²) < 4.78 is 2.15. The number of thioether (sulfide) groups is 1. The van der Waals surface area contributed by atoms with Crippen molar-refractivity contribution >= 4 is 34.7 Å². The maximum atomic E-state index is 13.3. The van der Waals surface area contributed by atoms with E-state index in [1.807, 2.05) is 40.6 Å². The molecule has 5 aromatic rings. The van der Waals surface area contributed by atoms with Crippen LogP contribution >= 0.6 is 23.1 Å². The van der Waals surface area contributed by atoms with Gasteiger partial charge in [0.2, 0.25) is 0 Å². The third-order valence-corrected chi connectivity index (χ3v) is 9.35. The highest BCUT2D eigenvalue weighted by atomic mass is 32.2. The minimum Gasteiger partial charge on any atom is -0.368 e. The van der Waals surface area contributed by atoms with E-state index < -0.39 is 0 Å². The molecule has 0 saturated carbocycles. The first-order valence-electron chi connectivity index (χ1n) is 13.8. The van der Waals surface area contributed by atoms with Crippen LogP contribution in [0.2, 0.25) is 0 Å². The molecule has 0 bridgehead atoms. The van der Waals surface area contributed by atoms with Gasteiger partial charge in [-0.3, -0.25) is 9.36 Å². The van der Waals surface area contributed by atoms with Gasteiger partial charge in [0.05, 0.1) is 11.4 Å². The van der Waals surface area contributed by atoms with Gasteiger partial charge in [-0.25, -0.2) is 4.98 Å². The number of carbonyl (C=O) groups excluding carboxylic acids is 1. The number of hydrogen-bond donors (Lipinski definition) is 0. The van der Waals surface area contributed by atoms with Gasteiger partial charge in [-0.2, -0.15) is 0 Å². The largest absolute Gasteiger partial charge is 0.368 e. The Morgan fingerprint density at radius 1 is 0.829 bits per heavy atom. The zero-order valence-corrected chi connectivity index (χ0v) is 24.9. The van der Waals surface area contributed by atoms with Gasteiger partial charge >= 0.3 is 0 Å². The van der Waals surface area contributed by atoms with Crippen LogP contribution in [0.4, 0.5) is 5.69 Å². The third kappa shape index (κ3) is 6.06. The quantitative estimate of drug-likeness (QED) is 0.204. The van der Waals surface area contributed by atoms with E-state index in [1.165, 1.54) is 28.2 Å². The summed E-state index contributed by atoms with van der Waals surface area (Å²) in [6, 6.07) is 27.1. The van der Waals surface area contributed by atoms with E-state index in [1.54, 1.807) is 11.8 Å². The molecule has 9 heteroatoms. The molecule has 208 valence electrons. The number of benzene rings is 3. The van der Waals surface area contributed by atoms with Gasteiger partial charge in [0, 0.05) is 43.7 Å². The summed E-state index contributed by atoms with van der Waals surface area (Å²) in [5.41, 5.74) is 6.46. The van der Waals surface area contributed by atoms with E-state index >= 15 is 0 Å². The van der Waals surface area contributed by atoms with Gasteiger partial charge < -0.3 is 9.80 Å². The van der Waals surface area contributed by atoms with Crippen LogP contribution in [0.15, 0.2) is 89.4 Å². The van der Waals surface area contributed by atoms with Crippen LogP contribution in [-0.2, 0) is 12.2 Å². The van der Waals surface area contributed by atoms with Crippen LogP contribution in [0.3, 0.4) is 0 Å². The summed E-state index contributed by atoms with van der Waals surface area (Å²) in [5, 5.41) is 12.8. The number of aryl methyl sites for hydroxylation is 2. The number of hydrogen-bond acceptors (Lipinski definition) is 7. The molecule has 1 aliphatic heterocycles. The molecule has 1 amide bonds. The lowest BCUT2D eigenvalue weighted by Gasteiger charge is -2.36. The molecule has 2 aromatic heterocycles. The van der Waals surface area contributed by atoms with Crippen molar-refractivity contribution in [2.75, 3.05) is 31.1 Å². The Bertz CT molecular complexity index is 1640. The van der Waals surface area contributed by atoms with E-state index in [-0.39, 0.29) is 5.91 Å². The van der Waals surface area contributed by atoms with Crippen molar-refractivity contribution in [1.82, 2.24) is 24.6 Å². The van der Waals surface area contributed by atoms with E-state index in [9.17, 15) is 4.79 Å². The highest BCUT2D eigenvalue weighted by Crippen LogP contribution is 2.29. The predicted octanol–water partition coefficient (Wildman–Crippen LogP) is 6.19. The average Bonchev–Trinajstić information content (AvgIpc) is 3.64. The van der Waals surface area contributed by atoms with E-state index in [2.05, 4.69) is 82.0 Å². The molecule has 0 atom stereocenters. The van der Waals surface area contributed by atoms with Gasteiger partial charge in [0.25, 0.3) is 5.91 Å². The SMILES string of the molecule is Cc1ccccc1N1CCN(C(=O)c2csc(CSc3nnc(Cc4ccccc4)n3-c3ccccc3C)n2)CC1. The van der Waals surface area contributed by atoms with E-state index in [0.29, 0.717) is 31.0 Å². The number of piperazine rings is 1. The zero-order chi connectivity index (χ0) is 28.2. The van der Waals surface area contributed by atoms with E-state index in [0.717, 1.165) is 40.3 Å². The summed E-state index contributed by atoms with van der Waals surface area (Å²) in [6.45, 7) is 7.27. The number of para-hydroxylation sites is 2. The van der Waals surface area contributed by atoms with Gasteiger partial charge in [0.1, 0.15) is 16.5 Å². The smallest absolute Gasteiger partial charge is 0.273 e. The lowest BCUT2D eigenvalue weighted by atomic mass is 10.1. The normalized spacial score (nSPS) is 13.5. The predicted molar refractivity (Wildman–Crippen MR) is 166 cm³/mol.